The van der Waals surface area contributed by atoms with Gasteiger partial charge >= 0.3 is 5.97 Å². The maximum atomic E-state index is 11.2. The van der Waals surface area contributed by atoms with E-state index in [1.807, 2.05) is 0 Å². The first-order valence-electron chi connectivity index (χ1n) is 7.00. The summed E-state index contributed by atoms with van der Waals surface area (Å²) < 4.78 is 4.85. The van der Waals surface area contributed by atoms with E-state index in [2.05, 4.69) is 6.92 Å². The lowest BCUT2D eigenvalue weighted by Gasteiger charge is -2.05. The average Bonchev–Trinajstić information content (AvgIpc) is 2.26. The number of halogens is 1. The Morgan fingerprint density at radius 2 is 1.47 bits per heavy atom. The highest BCUT2D eigenvalue weighted by Gasteiger charge is 2.05. The SMILES string of the molecule is CCCCCCCCCCCC(=O)O[C@@H](C)Cl. The molecule has 0 rings (SSSR count). The Bertz CT molecular complexity index is 181. The summed E-state index contributed by atoms with van der Waals surface area (Å²) in [4.78, 5) is 11.2. The van der Waals surface area contributed by atoms with E-state index in [1.165, 1.54) is 44.9 Å². The quantitative estimate of drug-likeness (QED) is 0.296. The molecule has 0 aromatic carbocycles. The summed E-state index contributed by atoms with van der Waals surface area (Å²) in [5.74, 6) is -0.171. The number of hydrogen-bond donors (Lipinski definition) is 0. The van der Waals surface area contributed by atoms with Gasteiger partial charge < -0.3 is 4.74 Å². The van der Waals surface area contributed by atoms with Gasteiger partial charge in [0.1, 0.15) is 0 Å². The van der Waals surface area contributed by atoms with E-state index in [0.717, 1.165) is 12.8 Å². The summed E-state index contributed by atoms with van der Waals surface area (Å²) in [7, 11) is 0. The van der Waals surface area contributed by atoms with Gasteiger partial charge in [-0.1, -0.05) is 69.9 Å². The minimum atomic E-state index is -0.499. The Balaban J connectivity index is 3.10. The zero-order chi connectivity index (χ0) is 12.9. The van der Waals surface area contributed by atoms with Gasteiger partial charge in [0, 0.05) is 6.42 Å². The molecule has 0 N–H and O–H groups in total. The van der Waals surface area contributed by atoms with Crippen molar-refractivity contribution in [3.05, 3.63) is 0 Å². The van der Waals surface area contributed by atoms with Gasteiger partial charge in [-0.25, -0.2) is 0 Å². The largest absolute Gasteiger partial charge is 0.446 e. The zero-order valence-electron chi connectivity index (χ0n) is 11.3. The average molecular weight is 263 g/mol. The molecular formula is C14H27ClO2. The summed E-state index contributed by atoms with van der Waals surface area (Å²) >= 11 is 5.55. The number of carbonyl (C=O) groups is 1. The zero-order valence-corrected chi connectivity index (χ0v) is 12.1. The summed E-state index contributed by atoms with van der Waals surface area (Å²) in [5, 5.41) is 0. The van der Waals surface area contributed by atoms with Crippen molar-refractivity contribution in [2.24, 2.45) is 0 Å². The van der Waals surface area contributed by atoms with Crippen molar-refractivity contribution in [3.63, 3.8) is 0 Å². The molecule has 0 saturated carbocycles. The first-order valence-corrected chi connectivity index (χ1v) is 7.44. The van der Waals surface area contributed by atoms with E-state index < -0.39 is 5.56 Å². The van der Waals surface area contributed by atoms with Gasteiger partial charge in [0.15, 0.2) is 5.56 Å². The molecule has 0 heterocycles. The third-order valence-electron chi connectivity index (χ3n) is 2.78. The molecule has 0 aromatic rings. The van der Waals surface area contributed by atoms with E-state index in [-0.39, 0.29) is 5.97 Å². The first-order chi connectivity index (χ1) is 8.16. The van der Waals surface area contributed by atoms with Crippen LogP contribution in [0.1, 0.15) is 78.1 Å². The van der Waals surface area contributed by atoms with Gasteiger partial charge in [-0.3, -0.25) is 4.79 Å². The molecule has 0 aromatic heterocycles. The number of unbranched alkanes of at least 4 members (excludes halogenated alkanes) is 8. The second-order valence-electron chi connectivity index (χ2n) is 4.61. The predicted octanol–water partition coefficient (Wildman–Crippen LogP) is 5.04. The van der Waals surface area contributed by atoms with Gasteiger partial charge in [-0.05, 0) is 13.3 Å². The fourth-order valence-corrected chi connectivity index (χ4v) is 1.92. The lowest BCUT2D eigenvalue weighted by Crippen LogP contribution is -2.08. The minimum absolute atomic E-state index is 0.171. The maximum Gasteiger partial charge on any atom is 0.307 e. The maximum absolute atomic E-state index is 11.2. The van der Waals surface area contributed by atoms with Gasteiger partial charge in [-0.2, -0.15) is 0 Å². The van der Waals surface area contributed by atoms with Crippen LogP contribution in [-0.4, -0.2) is 11.5 Å². The van der Waals surface area contributed by atoms with Crippen LogP contribution < -0.4 is 0 Å². The fraction of sp³-hybridized carbons (Fsp3) is 0.929. The molecule has 0 unspecified atom stereocenters. The lowest BCUT2D eigenvalue weighted by atomic mass is 10.1. The number of esters is 1. The molecule has 3 heteroatoms. The van der Waals surface area contributed by atoms with Crippen LogP contribution in [0.25, 0.3) is 0 Å². The molecule has 0 fully saturated rings. The van der Waals surface area contributed by atoms with Crippen molar-refractivity contribution in [3.8, 4) is 0 Å². The number of carbonyl (C=O) groups excluding carboxylic acids is 1. The third kappa shape index (κ3) is 13.7. The van der Waals surface area contributed by atoms with Gasteiger partial charge in [0.2, 0.25) is 0 Å². The van der Waals surface area contributed by atoms with Crippen LogP contribution in [0.3, 0.4) is 0 Å². The Kier molecular flexibility index (Phi) is 12.1. The molecular weight excluding hydrogens is 236 g/mol. The molecule has 0 bridgehead atoms. The minimum Gasteiger partial charge on any atom is -0.446 e. The Labute approximate surface area is 111 Å². The molecule has 0 aliphatic carbocycles. The van der Waals surface area contributed by atoms with Crippen molar-refractivity contribution in [1.29, 1.82) is 0 Å². The Hall–Kier alpha value is -0.240. The summed E-state index contributed by atoms with van der Waals surface area (Å²) in [5.41, 5.74) is -0.499. The highest BCUT2D eigenvalue weighted by Crippen LogP contribution is 2.11. The summed E-state index contributed by atoms with van der Waals surface area (Å²) in [6, 6.07) is 0. The van der Waals surface area contributed by atoms with Crippen molar-refractivity contribution in [2.75, 3.05) is 0 Å². The van der Waals surface area contributed by atoms with Crippen LogP contribution in [0.15, 0.2) is 0 Å². The molecule has 0 amide bonds. The topological polar surface area (TPSA) is 26.3 Å². The smallest absolute Gasteiger partial charge is 0.307 e. The van der Waals surface area contributed by atoms with Crippen molar-refractivity contribution in [2.45, 2.75) is 83.6 Å². The second kappa shape index (κ2) is 12.2. The highest BCUT2D eigenvalue weighted by molar-refractivity contribution is 6.19. The third-order valence-corrected chi connectivity index (χ3v) is 2.87. The second-order valence-corrected chi connectivity index (χ2v) is 5.23. The van der Waals surface area contributed by atoms with Crippen molar-refractivity contribution in [1.82, 2.24) is 0 Å². The van der Waals surface area contributed by atoms with Gasteiger partial charge in [0.05, 0.1) is 0 Å². The molecule has 1 atom stereocenters. The molecule has 0 aliphatic heterocycles. The van der Waals surface area contributed by atoms with Crippen LogP contribution >= 0.6 is 11.6 Å². The molecule has 0 radical (unpaired) electrons. The monoisotopic (exact) mass is 262 g/mol. The molecule has 0 aliphatic rings. The number of hydrogen-bond acceptors (Lipinski definition) is 2. The van der Waals surface area contributed by atoms with Crippen LogP contribution in [0.5, 0.6) is 0 Å². The molecule has 17 heavy (non-hydrogen) atoms. The number of ether oxygens (including phenoxy) is 1. The van der Waals surface area contributed by atoms with Crippen LogP contribution in [0.4, 0.5) is 0 Å². The first kappa shape index (κ1) is 16.8. The van der Waals surface area contributed by atoms with Crippen LogP contribution in [0, 0.1) is 0 Å². The van der Waals surface area contributed by atoms with Crippen molar-refractivity contribution < 1.29 is 9.53 Å². The van der Waals surface area contributed by atoms with Gasteiger partial charge in [-0.15, -0.1) is 0 Å². The van der Waals surface area contributed by atoms with Gasteiger partial charge in [0.25, 0.3) is 0 Å². The summed E-state index contributed by atoms with van der Waals surface area (Å²) in [6.45, 7) is 3.90. The van der Waals surface area contributed by atoms with E-state index in [4.69, 9.17) is 16.3 Å². The van der Waals surface area contributed by atoms with E-state index in [1.54, 1.807) is 6.92 Å². The lowest BCUT2D eigenvalue weighted by molar-refractivity contribution is -0.144. The number of alkyl halides is 1. The highest BCUT2D eigenvalue weighted by atomic mass is 35.5. The molecule has 102 valence electrons. The molecule has 0 spiro atoms. The standard InChI is InChI=1S/C14H27ClO2/c1-3-4-5-6-7-8-9-10-11-12-14(16)17-13(2)15/h13H,3-12H2,1-2H3/t13-/m0/s1. The molecule has 2 nitrogen and oxygen atoms in total. The normalized spacial score (nSPS) is 12.4. The van der Waals surface area contributed by atoms with E-state index in [9.17, 15) is 4.79 Å². The van der Waals surface area contributed by atoms with Crippen LogP contribution in [-0.2, 0) is 9.53 Å². The Morgan fingerprint density at radius 1 is 1.00 bits per heavy atom. The fourth-order valence-electron chi connectivity index (χ4n) is 1.82. The van der Waals surface area contributed by atoms with Crippen molar-refractivity contribution >= 4 is 17.6 Å². The summed E-state index contributed by atoms with van der Waals surface area (Å²) in [6.07, 6.45) is 11.8. The van der Waals surface area contributed by atoms with E-state index >= 15 is 0 Å². The van der Waals surface area contributed by atoms with E-state index in [0.29, 0.717) is 6.42 Å². The number of rotatable bonds is 11. The van der Waals surface area contributed by atoms with Crippen LogP contribution in [0.2, 0.25) is 0 Å². The Morgan fingerprint density at radius 3 is 1.94 bits per heavy atom. The predicted molar refractivity (Wildman–Crippen MR) is 73.3 cm³/mol. The molecule has 0 saturated heterocycles.